The first-order chi connectivity index (χ1) is 19.6. The van der Waals surface area contributed by atoms with Gasteiger partial charge in [0, 0.05) is 22.7 Å². The van der Waals surface area contributed by atoms with E-state index in [2.05, 4.69) is 0 Å². The van der Waals surface area contributed by atoms with Gasteiger partial charge in [-0.05, 0) is 80.2 Å². The van der Waals surface area contributed by atoms with Crippen LogP contribution in [-0.2, 0) is 29.9 Å². The van der Waals surface area contributed by atoms with Gasteiger partial charge in [-0.1, -0.05) is 42.0 Å². The minimum Gasteiger partial charge on any atom is -0.464 e. The number of carbonyl (C=O) groups is 1. The summed E-state index contributed by atoms with van der Waals surface area (Å²) in [5, 5.41) is 11.2. The van der Waals surface area contributed by atoms with Gasteiger partial charge in [0.05, 0.1) is 29.2 Å². The lowest BCUT2D eigenvalue weighted by Gasteiger charge is -2.37. The molecule has 41 heavy (non-hydrogen) atoms. The van der Waals surface area contributed by atoms with Crippen molar-refractivity contribution in [2.45, 2.75) is 49.7 Å². The molecule has 4 aromatic rings. The van der Waals surface area contributed by atoms with E-state index in [1.165, 1.54) is 24.4 Å². The van der Waals surface area contributed by atoms with Crippen molar-refractivity contribution in [3.05, 3.63) is 95.4 Å². The van der Waals surface area contributed by atoms with E-state index in [9.17, 15) is 18.3 Å². The van der Waals surface area contributed by atoms with Crippen LogP contribution in [0.1, 0.15) is 42.9 Å². The van der Waals surface area contributed by atoms with E-state index in [4.69, 9.17) is 9.47 Å². The van der Waals surface area contributed by atoms with Crippen molar-refractivity contribution in [1.29, 1.82) is 0 Å². The molecule has 212 valence electrons. The molecule has 2 aliphatic rings. The number of ether oxygens (including phenoxy) is 2. The average molecular weight is 576 g/mol. The minimum atomic E-state index is -4.08. The van der Waals surface area contributed by atoms with Crippen LogP contribution in [0.15, 0.2) is 77.8 Å². The number of esters is 1. The molecule has 2 heterocycles. The van der Waals surface area contributed by atoms with Crippen molar-refractivity contribution in [3.8, 4) is 11.1 Å². The predicted octanol–water partition coefficient (Wildman–Crippen LogP) is 5.71. The van der Waals surface area contributed by atoms with Crippen LogP contribution in [0.25, 0.3) is 27.6 Å². The Hall–Kier alpha value is -3.79. The molecule has 1 atom stereocenters. The maximum absolute atomic E-state index is 15.7. The molecule has 0 spiro atoms. The molecule has 1 N–H and O–H groups in total. The zero-order valence-electron chi connectivity index (χ0n) is 22.8. The van der Waals surface area contributed by atoms with Crippen LogP contribution in [-0.4, -0.2) is 42.8 Å². The summed E-state index contributed by atoms with van der Waals surface area (Å²) in [5.74, 6) is -1.11. The maximum atomic E-state index is 15.7. The Kier molecular flexibility index (Phi) is 6.84. The summed E-state index contributed by atoms with van der Waals surface area (Å²) >= 11 is 0. The molecule has 7 nitrogen and oxygen atoms in total. The fraction of sp³-hybridized carbons (Fsp3) is 0.281. The lowest BCUT2D eigenvalue weighted by Crippen LogP contribution is -2.33. The van der Waals surface area contributed by atoms with E-state index in [1.54, 1.807) is 43.3 Å². The highest BCUT2D eigenvalue weighted by molar-refractivity contribution is 7.90. The Bertz CT molecular complexity index is 1780. The second-order valence-electron chi connectivity index (χ2n) is 10.6. The number of aryl methyl sites for hydroxylation is 1. The van der Waals surface area contributed by atoms with E-state index in [-0.39, 0.29) is 29.2 Å². The number of rotatable bonds is 7. The van der Waals surface area contributed by atoms with Gasteiger partial charge in [-0.25, -0.2) is 21.6 Å². The second-order valence-corrected chi connectivity index (χ2v) is 12.5. The van der Waals surface area contributed by atoms with Gasteiger partial charge in [-0.2, -0.15) is 0 Å². The molecular formula is C32H30FNO6S. The van der Waals surface area contributed by atoms with Crippen LogP contribution in [0, 0.1) is 12.7 Å². The molecular weight excluding hydrogens is 545 g/mol. The summed E-state index contributed by atoms with van der Waals surface area (Å²) in [7, 11) is -4.08. The van der Waals surface area contributed by atoms with Crippen LogP contribution in [0.3, 0.4) is 0 Å². The number of aliphatic hydroxyl groups is 1. The zero-order chi connectivity index (χ0) is 28.9. The molecule has 1 unspecified atom stereocenters. The summed E-state index contributed by atoms with van der Waals surface area (Å²) in [6, 6.07) is 16.5. The second kappa shape index (κ2) is 10.2. The number of benzene rings is 3. The average Bonchev–Trinajstić information content (AvgIpc) is 3.57. The van der Waals surface area contributed by atoms with E-state index >= 15 is 4.39 Å². The Balaban J connectivity index is 1.50. The highest BCUT2D eigenvalue weighted by Crippen LogP contribution is 2.42. The molecule has 3 aromatic carbocycles. The first-order valence-electron chi connectivity index (χ1n) is 13.6. The third-order valence-electron chi connectivity index (χ3n) is 7.99. The van der Waals surface area contributed by atoms with Gasteiger partial charge in [0.15, 0.2) is 6.10 Å². The van der Waals surface area contributed by atoms with Crippen molar-refractivity contribution < 1.29 is 32.2 Å². The largest absolute Gasteiger partial charge is 0.464 e. The van der Waals surface area contributed by atoms with Crippen LogP contribution in [0.2, 0.25) is 0 Å². The minimum absolute atomic E-state index is 0.0627. The number of aromatic nitrogens is 1. The van der Waals surface area contributed by atoms with Gasteiger partial charge < -0.3 is 14.6 Å². The number of carbonyl (C=O) groups excluding carboxylic acids is 1. The van der Waals surface area contributed by atoms with E-state index in [1.807, 2.05) is 19.1 Å². The van der Waals surface area contributed by atoms with Gasteiger partial charge in [0.2, 0.25) is 0 Å². The van der Waals surface area contributed by atoms with Crippen molar-refractivity contribution >= 4 is 32.5 Å². The van der Waals surface area contributed by atoms with E-state index in [0.29, 0.717) is 34.9 Å². The van der Waals surface area contributed by atoms with Gasteiger partial charge in [-0.3, -0.25) is 0 Å². The van der Waals surface area contributed by atoms with E-state index < -0.39 is 33.5 Å². The third kappa shape index (κ3) is 4.77. The molecule has 1 aliphatic heterocycles. The maximum Gasteiger partial charge on any atom is 0.339 e. The highest BCUT2D eigenvalue weighted by Gasteiger charge is 2.36. The molecule has 1 fully saturated rings. The number of hydrogen-bond donors (Lipinski definition) is 1. The molecule has 0 bridgehead atoms. The van der Waals surface area contributed by atoms with Crippen molar-refractivity contribution in [3.63, 3.8) is 0 Å². The topological polar surface area (TPSA) is 94.8 Å². The number of halogens is 1. The van der Waals surface area contributed by atoms with Crippen molar-refractivity contribution in [2.24, 2.45) is 0 Å². The van der Waals surface area contributed by atoms with Crippen molar-refractivity contribution in [2.75, 3.05) is 13.2 Å². The molecule has 1 aliphatic carbocycles. The third-order valence-corrected chi connectivity index (χ3v) is 9.67. The fourth-order valence-corrected chi connectivity index (χ4v) is 6.83. The predicted molar refractivity (Wildman–Crippen MR) is 153 cm³/mol. The molecule has 9 heteroatoms. The van der Waals surface area contributed by atoms with Crippen LogP contribution < -0.4 is 0 Å². The molecule has 0 saturated heterocycles. The quantitative estimate of drug-likeness (QED) is 0.284. The van der Waals surface area contributed by atoms with Gasteiger partial charge in [0.1, 0.15) is 5.82 Å². The normalized spacial score (nSPS) is 18.2. The highest BCUT2D eigenvalue weighted by atomic mass is 32.2. The van der Waals surface area contributed by atoms with Gasteiger partial charge >= 0.3 is 5.97 Å². The van der Waals surface area contributed by atoms with Gasteiger partial charge in [-0.15, -0.1) is 0 Å². The van der Waals surface area contributed by atoms with Crippen LogP contribution in [0.5, 0.6) is 0 Å². The number of fused-ring (bicyclic) bond motifs is 1. The fourth-order valence-electron chi connectivity index (χ4n) is 5.46. The summed E-state index contributed by atoms with van der Waals surface area (Å²) < 4.78 is 55.1. The Morgan fingerprint density at radius 1 is 1.10 bits per heavy atom. The van der Waals surface area contributed by atoms with E-state index in [0.717, 1.165) is 21.5 Å². The molecule has 6 rings (SSSR count). The number of hydrogen-bond acceptors (Lipinski definition) is 6. The van der Waals surface area contributed by atoms with Crippen molar-refractivity contribution in [1.82, 2.24) is 3.97 Å². The lowest BCUT2D eigenvalue weighted by atomic mass is 9.75. The standard InChI is InChI=1S/C32H30FNO6S/c1-3-39-31(35)30-15-22(19-40-30)27-18-34(41(37,38)24-11-5-20(2)6-12-24)29-17-28(33)25(16-26(27)29)21-7-9-23(10-8-21)32(36)13-4-14-32/h5-12,15-18,30,36H,3-4,13-14,19H2,1-2H3. The Morgan fingerprint density at radius 2 is 1.80 bits per heavy atom. The van der Waals surface area contributed by atoms with Gasteiger partial charge in [0.25, 0.3) is 10.0 Å². The monoisotopic (exact) mass is 575 g/mol. The Morgan fingerprint density at radius 3 is 2.44 bits per heavy atom. The molecule has 1 saturated carbocycles. The molecule has 0 amide bonds. The van der Waals surface area contributed by atoms with Crippen LogP contribution >= 0.6 is 0 Å². The SMILES string of the molecule is CCOC(=O)C1C=C(c2cn(S(=O)(=O)c3ccc(C)cc3)c3cc(F)c(-c4ccc(C5(O)CCC5)cc4)cc23)CO1. The van der Waals surface area contributed by atoms with Crippen LogP contribution in [0.4, 0.5) is 4.39 Å². The molecule has 0 radical (unpaired) electrons. The first-order valence-corrected chi connectivity index (χ1v) is 15.0. The first kappa shape index (κ1) is 27.4. The lowest BCUT2D eigenvalue weighted by molar-refractivity contribution is -0.151. The summed E-state index contributed by atoms with van der Waals surface area (Å²) in [6.07, 6.45) is 4.52. The summed E-state index contributed by atoms with van der Waals surface area (Å²) in [6.45, 7) is 3.83. The summed E-state index contributed by atoms with van der Waals surface area (Å²) in [4.78, 5) is 12.4. The molecule has 1 aromatic heterocycles. The summed E-state index contributed by atoms with van der Waals surface area (Å²) in [5.41, 5.74) is 3.04. The zero-order valence-corrected chi connectivity index (χ0v) is 23.6. The number of nitrogens with zero attached hydrogens (tertiary/aromatic N) is 1. The Labute approximate surface area is 237 Å². The smallest absolute Gasteiger partial charge is 0.339 e.